The zero-order valence-electron chi connectivity index (χ0n) is 15.1. The largest absolute Gasteiger partial charge is 0.497 e. The van der Waals surface area contributed by atoms with Gasteiger partial charge in [-0.15, -0.1) is 11.8 Å². The summed E-state index contributed by atoms with van der Waals surface area (Å²) >= 11 is 2.62. The number of hydrogen-bond acceptors (Lipinski definition) is 8. The molecule has 0 saturated carbocycles. The summed E-state index contributed by atoms with van der Waals surface area (Å²) in [6.45, 7) is 2.25. The van der Waals surface area contributed by atoms with Crippen LogP contribution in [0.4, 0.5) is 0 Å². The minimum atomic E-state index is -0.493. The molecule has 1 saturated heterocycles. The summed E-state index contributed by atoms with van der Waals surface area (Å²) < 4.78 is 15.1. The zero-order valence-corrected chi connectivity index (χ0v) is 16.8. The number of ether oxygens (including phenoxy) is 3. The Bertz CT molecular complexity index is 704. The van der Waals surface area contributed by atoms with Gasteiger partial charge in [-0.05, 0) is 31.2 Å². The maximum atomic E-state index is 11.9. The third kappa shape index (κ3) is 6.84. The van der Waals surface area contributed by atoms with E-state index in [1.807, 2.05) is 24.3 Å². The maximum Gasteiger partial charge on any atom is 0.333 e. The molecule has 1 heterocycles. The SMILES string of the molecule is CCOC(=O)/C=C1\SCC(=O)N1CCOC(=O)CSc1ccc(OC)cc1. The first-order valence-corrected chi connectivity index (χ1v) is 10.2. The summed E-state index contributed by atoms with van der Waals surface area (Å²) in [5.74, 6) is 0.187. The monoisotopic (exact) mass is 411 g/mol. The van der Waals surface area contributed by atoms with Gasteiger partial charge in [0.05, 0.1) is 42.9 Å². The Morgan fingerprint density at radius 3 is 2.67 bits per heavy atom. The second-order valence-electron chi connectivity index (χ2n) is 5.25. The smallest absolute Gasteiger partial charge is 0.333 e. The zero-order chi connectivity index (χ0) is 19.6. The van der Waals surface area contributed by atoms with Gasteiger partial charge in [0.2, 0.25) is 5.91 Å². The van der Waals surface area contributed by atoms with Crippen molar-refractivity contribution in [2.75, 3.05) is 38.4 Å². The summed E-state index contributed by atoms with van der Waals surface area (Å²) in [5.41, 5.74) is 0. The maximum absolute atomic E-state index is 11.9. The molecule has 27 heavy (non-hydrogen) atoms. The highest BCUT2D eigenvalue weighted by molar-refractivity contribution is 8.04. The molecule has 0 aliphatic carbocycles. The molecule has 0 unspecified atom stereocenters. The van der Waals surface area contributed by atoms with Gasteiger partial charge in [-0.25, -0.2) is 4.79 Å². The van der Waals surface area contributed by atoms with Crippen LogP contribution in [0.25, 0.3) is 0 Å². The van der Waals surface area contributed by atoms with Gasteiger partial charge < -0.3 is 19.1 Å². The van der Waals surface area contributed by atoms with E-state index in [-0.39, 0.29) is 43.1 Å². The molecule has 1 aromatic carbocycles. The van der Waals surface area contributed by atoms with Crippen LogP contribution in [0.2, 0.25) is 0 Å². The van der Waals surface area contributed by atoms with Gasteiger partial charge in [-0.3, -0.25) is 9.59 Å². The third-order valence-corrected chi connectivity index (χ3v) is 5.44. The molecule has 0 N–H and O–H groups in total. The van der Waals surface area contributed by atoms with Crippen molar-refractivity contribution in [3.05, 3.63) is 35.4 Å². The third-order valence-electron chi connectivity index (χ3n) is 3.43. The fourth-order valence-electron chi connectivity index (χ4n) is 2.16. The number of nitrogens with zero attached hydrogens (tertiary/aromatic N) is 1. The highest BCUT2D eigenvalue weighted by atomic mass is 32.2. The molecule has 2 rings (SSSR count). The van der Waals surface area contributed by atoms with Crippen molar-refractivity contribution in [3.63, 3.8) is 0 Å². The normalized spacial score (nSPS) is 15.1. The first kappa shape index (κ1) is 21.2. The average molecular weight is 412 g/mol. The van der Waals surface area contributed by atoms with Crippen LogP contribution in [0.15, 0.2) is 40.3 Å². The molecule has 146 valence electrons. The van der Waals surface area contributed by atoms with Gasteiger partial charge in [-0.2, -0.15) is 0 Å². The number of amides is 1. The molecule has 0 spiro atoms. The van der Waals surface area contributed by atoms with Crippen LogP contribution in [0.3, 0.4) is 0 Å². The lowest BCUT2D eigenvalue weighted by atomic mass is 10.3. The Hall–Kier alpha value is -2.13. The summed E-state index contributed by atoms with van der Waals surface area (Å²) in [5, 5.41) is 0.516. The Balaban J connectivity index is 1.75. The molecule has 0 aromatic heterocycles. The number of methoxy groups -OCH3 is 1. The summed E-state index contributed by atoms with van der Waals surface area (Å²) in [4.78, 5) is 37.7. The number of hydrogen-bond donors (Lipinski definition) is 0. The lowest BCUT2D eigenvalue weighted by Crippen LogP contribution is -2.29. The topological polar surface area (TPSA) is 82.1 Å². The Kier molecular flexibility index (Phi) is 8.53. The van der Waals surface area contributed by atoms with E-state index in [2.05, 4.69) is 0 Å². The predicted octanol–water partition coefficient (Wildman–Crippen LogP) is 2.31. The molecule has 9 heteroatoms. The Morgan fingerprint density at radius 2 is 2.00 bits per heavy atom. The molecule has 1 aliphatic heterocycles. The second kappa shape index (κ2) is 10.9. The van der Waals surface area contributed by atoms with E-state index >= 15 is 0 Å². The van der Waals surface area contributed by atoms with Gasteiger partial charge in [0.1, 0.15) is 12.4 Å². The van der Waals surface area contributed by atoms with Gasteiger partial charge in [0, 0.05) is 4.90 Å². The van der Waals surface area contributed by atoms with Gasteiger partial charge in [0.25, 0.3) is 0 Å². The van der Waals surface area contributed by atoms with Gasteiger partial charge >= 0.3 is 11.9 Å². The number of rotatable bonds is 9. The predicted molar refractivity (Wildman–Crippen MR) is 104 cm³/mol. The van der Waals surface area contributed by atoms with Crippen LogP contribution in [0.1, 0.15) is 6.92 Å². The molecule has 1 amide bonds. The van der Waals surface area contributed by atoms with Crippen molar-refractivity contribution in [2.45, 2.75) is 11.8 Å². The summed E-state index contributed by atoms with van der Waals surface area (Å²) in [7, 11) is 1.59. The van der Waals surface area contributed by atoms with E-state index in [1.165, 1.54) is 34.5 Å². The average Bonchev–Trinajstić information content (AvgIpc) is 3.00. The van der Waals surface area contributed by atoms with E-state index in [9.17, 15) is 14.4 Å². The number of esters is 2. The fourth-order valence-corrected chi connectivity index (χ4v) is 3.81. The first-order valence-electron chi connectivity index (χ1n) is 8.27. The molecular weight excluding hydrogens is 390 g/mol. The lowest BCUT2D eigenvalue weighted by molar-refractivity contribution is -0.142. The molecule has 0 atom stereocenters. The van der Waals surface area contributed by atoms with E-state index in [0.29, 0.717) is 5.03 Å². The van der Waals surface area contributed by atoms with E-state index in [4.69, 9.17) is 14.2 Å². The van der Waals surface area contributed by atoms with Crippen molar-refractivity contribution >= 4 is 41.4 Å². The van der Waals surface area contributed by atoms with Crippen LogP contribution in [-0.4, -0.2) is 61.1 Å². The molecule has 1 fully saturated rings. The quantitative estimate of drug-likeness (QED) is 0.348. The van der Waals surface area contributed by atoms with Crippen LogP contribution >= 0.6 is 23.5 Å². The Labute approximate surface area is 166 Å². The molecule has 7 nitrogen and oxygen atoms in total. The van der Waals surface area contributed by atoms with Crippen molar-refractivity contribution < 1.29 is 28.6 Å². The minimum absolute atomic E-state index is 0.0640. The lowest BCUT2D eigenvalue weighted by Gasteiger charge is -2.16. The number of carbonyl (C=O) groups is 3. The molecule has 1 aromatic rings. The number of carbonyl (C=O) groups excluding carboxylic acids is 3. The van der Waals surface area contributed by atoms with Crippen molar-refractivity contribution in [3.8, 4) is 5.75 Å². The van der Waals surface area contributed by atoms with Crippen LogP contribution in [-0.2, 0) is 23.9 Å². The fraction of sp³-hybridized carbons (Fsp3) is 0.389. The van der Waals surface area contributed by atoms with Gasteiger partial charge in [-0.1, -0.05) is 11.8 Å². The van der Waals surface area contributed by atoms with Crippen LogP contribution in [0, 0.1) is 0 Å². The highest BCUT2D eigenvalue weighted by Gasteiger charge is 2.27. The molecular formula is C18H21NO6S2. The molecule has 0 bridgehead atoms. The van der Waals surface area contributed by atoms with Crippen LogP contribution in [0.5, 0.6) is 5.75 Å². The van der Waals surface area contributed by atoms with E-state index in [0.717, 1.165) is 10.6 Å². The van der Waals surface area contributed by atoms with Crippen molar-refractivity contribution in [2.24, 2.45) is 0 Å². The summed E-state index contributed by atoms with van der Waals surface area (Å²) in [6, 6.07) is 7.37. The van der Waals surface area contributed by atoms with Crippen molar-refractivity contribution in [1.82, 2.24) is 4.90 Å². The summed E-state index contributed by atoms with van der Waals surface area (Å²) in [6.07, 6.45) is 1.29. The molecule has 0 radical (unpaired) electrons. The van der Waals surface area contributed by atoms with Gasteiger partial charge in [0.15, 0.2) is 0 Å². The van der Waals surface area contributed by atoms with Crippen LogP contribution < -0.4 is 4.74 Å². The number of thioether (sulfide) groups is 2. The van der Waals surface area contributed by atoms with E-state index in [1.54, 1.807) is 14.0 Å². The minimum Gasteiger partial charge on any atom is -0.497 e. The first-order chi connectivity index (χ1) is 13.0. The standard InChI is InChI=1S/C18H21NO6S2/c1-3-24-17(21)10-16-19(15(20)11-27-16)8-9-25-18(22)12-26-14-6-4-13(23-2)5-7-14/h4-7,10H,3,8-9,11-12H2,1-2H3/b16-10-. The molecule has 1 aliphatic rings. The Morgan fingerprint density at radius 1 is 1.26 bits per heavy atom. The van der Waals surface area contributed by atoms with E-state index < -0.39 is 5.97 Å². The highest BCUT2D eigenvalue weighted by Crippen LogP contribution is 2.28. The second-order valence-corrected chi connectivity index (χ2v) is 7.30. The van der Waals surface area contributed by atoms with Crippen molar-refractivity contribution in [1.29, 1.82) is 0 Å². The number of benzene rings is 1.